The number of nitrogens with one attached hydrogen (secondary N) is 2. The lowest BCUT2D eigenvalue weighted by molar-refractivity contribution is -0.141. The lowest BCUT2D eigenvalue weighted by Gasteiger charge is -2.42. The second kappa shape index (κ2) is 10.8. The van der Waals surface area contributed by atoms with Crippen molar-refractivity contribution in [2.45, 2.75) is 83.0 Å². The van der Waals surface area contributed by atoms with Gasteiger partial charge in [-0.3, -0.25) is 9.59 Å². The number of aliphatic hydroxyl groups is 1. The van der Waals surface area contributed by atoms with Gasteiger partial charge in [0.05, 0.1) is 16.7 Å². The minimum Gasteiger partial charge on any atom is -0.425 e. The summed E-state index contributed by atoms with van der Waals surface area (Å²) in [7, 11) is 0. The Kier molecular flexibility index (Phi) is 8.27. The molecule has 1 saturated heterocycles. The fraction of sp³-hybridized carbons (Fsp3) is 0.586. The quantitative estimate of drug-likeness (QED) is 0.229. The SMILES string of the molecule is CC(/C=C\C=C(\Cl)CF)[C@H]1[C@H](C(=O)NC2CC(C)(O)C2)N[C@H](CC(C)(C)C)[C@]12C(=O)Oc1cc(Cl)c(F)cc12. The van der Waals surface area contributed by atoms with Gasteiger partial charge in [0, 0.05) is 34.7 Å². The molecule has 1 aromatic rings. The number of carbonyl (C=O) groups is 2. The Bertz CT molecular complexity index is 1200. The Morgan fingerprint density at radius 1 is 1.36 bits per heavy atom. The normalized spacial score (nSPS) is 33.3. The molecule has 1 saturated carbocycles. The van der Waals surface area contributed by atoms with Crippen molar-refractivity contribution in [3.63, 3.8) is 0 Å². The Morgan fingerprint density at radius 3 is 2.62 bits per heavy atom. The molecule has 3 N–H and O–H groups in total. The van der Waals surface area contributed by atoms with Crippen molar-refractivity contribution in [2.24, 2.45) is 17.3 Å². The zero-order valence-corrected chi connectivity index (χ0v) is 24.3. The molecular formula is C29H36Cl2F2N2O4. The first-order valence-electron chi connectivity index (χ1n) is 13.2. The summed E-state index contributed by atoms with van der Waals surface area (Å²) >= 11 is 11.9. The standard InChI is InChI=1S/C29H36Cl2F2N2O4/c1-15(7-6-8-16(30)14-32)23-24(25(36)34-17-11-28(5,38)12-17)35-22(13-27(2,3)4)29(23)18-9-20(33)19(31)10-21(18)39-26(29)37/h6-10,15,17,22-24,35,38H,11-14H2,1-5H3,(H,34,36)/b7-6-,16-8+/t15?,17?,22-,23+,24-,28?,29+/m1/s1. The van der Waals surface area contributed by atoms with E-state index in [2.05, 4.69) is 10.6 Å². The van der Waals surface area contributed by atoms with Gasteiger partial charge < -0.3 is 20.5 Å². The summed E-state index contributed by atoms with van der Waals surface area (Å²) < 4.78 is 33.6. The van der Waals surface area contributed by atoms with Crippen LogP contribution >= 0.6 is 23.2 Å². The molecule has 1 unspecified atom stereocenters. The van der Waals surface area contributed by atoms with Gasteiger partial charge in [-0.25, -0.2) is 8.78 Å². The fourth-order valence-corrected chi connectivity index (χ4v) is 6.73. The van der Waals surface area contributed by atoms with Crippen LogP contribution in [0.4, 0.5) is 8.78 Å². The van der Waals surface area contributed by atoms with Gasteiger partial charge in [0.1, 0.15) is 23.7 Å². The van der Waals surface area contributed by atoms with Crippen molar-refractivity contribution in [3.05, 3.63) is 51.8 Å². The van der Waals surface area contributed by atoms with Gasteiger partial charge in [-0.15, -0.1) is 0 Å². The summed E-state index contributed by atoms with van der Waals surface area (Å²) in [6.07, 6.45) is 6.10. The molecule has 6 nitrogen and oxygen atoms in total. The Hall–Kier alpha value is -2.00. The monoisotopic (exact) mass is 584 g/mol. The second-order valence-electron chi connectivity index (χ2n) is 12.6. The van der Waals surface area contributed by atoms with Gasteiger partial charge in [0.2, 0.25) is 5.91 Å². The maximum absolute atomic E-state index is 14.9. The summed E-state index contributed by atoms with van der Waals surface area (Å²) in [6.45, 7) is 8.83. The Labute approximate surface area is 238 Å². The number of halogens is 4. The van der Waals surface area contributed by atoms with Crippen molar-refractivity contribution < 1.29 is 28.2 Å². The first-order valence-corrected chi connectivity index (χ1v) is 13.9. The summed E-state index contributed by atoms with van der Waals surface area (Å²) in [5.74, 6) is -2.54. The van der Waals surface area contributed by atoms with E-state index in [0.29, 0.717) is 24.8 Å². The molecule has 1 aromatic carbocycles. The van der Waals surface area contributed by atoms with Gasteiger partial charge in [0.15, 0.2) is 0 Å². The van der Waals surface area contributed by atoms with Gasteiger partial charge in [-0.05, 0) is 49.7 Å². The van der Waals surface area contributed by atoms with Crippen LogP contribution in [0.15, 0.2) is 35.4 Å². The lowest BCUT2D eigenvalue weighted by Crippen LogP contribution is -2.58. The lowest BCUT2D eigenvalue weighted by atomic mass is 9.61. The zero-order valence-electron chi connectivity index (χ0n) is 22.8. The maximum Gasteiger partial charge on any atom is 0.324 e. The van der Waals surface area contributed by atoms with Crippen LogP contribution in [-0.2, 0) is 15.0 Å². The van der Waals surface area contributed by atoms with E-state index < -0.39 is 53.4 Å². The fourth-order valence-electron chi connectivity index (χ4n) is 6.51. The predicted molar refractivity (Wildman–Crippen MR) is 147 cm³/mol. The van der Waals surface area contributed by atoms with Gasteiger partial charge in [-0.2, -0.15) is 0 Å². The number of amides is 1. The highest BCUT2D eigenvalue weighted by Gasteiger charge is 2.68. The van der Waals surface area contributed by atoms with E-state index >= 15 is 0 Å². The summed E-state index contributed by atoms with van der Waals surface area (Å²) in [5, 5.41) is 16.5. The van der Waals surface area contributed by atoms with Crippen LogP contribution in [0.3, 0.4) is 0 Å². The Morgan fingerprint density at radius 2 is 2.03 bits per heavy atom. The van der Waals surface area contributed by atoms with Crippen LogP contribution < -0.4 is 15.4 Å². The molecule has 4 rings (SSSR count). The number of carbonyl (C=O) groups excluding carboxylic acids is 2. The Balaban J connectivity index is 1.84. The van der Waals surface area contributed by atoms with Gasteiger partial charge >= 0.3 is 5.97 Å². The molecule has 3 aliphatic rings. The third kappa shape index (κ3) is 5.76. The summed E-state index contributed by atoms with van der Waals surface area (Å²) in [6, 6.07) is 0.923. The number of fused-ring (bicyclic) bond motifs is 2. The predicted octanol–water partition coefficient (Wildman–Crippen LogP) is 5.34. The molecule has 1 aliphatic carbocycles. The van der Waals surface area contributed by atoms with Crippen LogP contribution in [0.2, 0.25) is 5.02 Å². The maximum atomic E-state index is 14.9. The average Bonchev–Trinajstić information content (AvgIpc) is 3.27. The van der Waals surface area contributed by atoms with Gasteiger partial charge in [0.25, 0.3) is 0 Å². The van der Waals surface area contributed by atoms with E-state index in [1.165, 1.54) is 18.2 Å². The molecule has 0 bridgehead atoms. The molecular weight excluding hydrogens is 549 g/mol. The topological polar surface area (TPSA) is 87.7 Å². The second-order valence-corrected chi connectivity index (χ2v) is 13.5. The number of hydrogen-bond donors (Lipinski definition) is 3. The molecule has 2 aliphatic heterocycles. The molecule has 10 heteroatoms. The summed E-state index contributed by atoms with van der Waals surface area (Å²) in [5.41, 5.74) is -2.16. The van der Waals surface area contributed by atoms with Crippen LogP contribution in [0.5, 0.6) is 5.75 Å². The number of esters is 1. The van der Waals surface area contributed by atoms with Crippen molar-refractivity contribution >= 4 is 35.1 Å². The number of ether oxygens (including phenoxy) is 1. The molecule has 0 aromatic heterocycles. The van der Waals surface area contributed by atoms with E-state index in [1.54, 1.807) is 19.1 Å². The molecule has 0 radical (unpaired) electrons. The molecule has 2 fully saturated rings. The third-order valence-corrected chi connectivity index (χ3v) is 8.54. The minimum atomic E-state index is -1.40. The van der Waals surface area contributed by atoms with Crippen LogP contribution in [-0.4, -0.2) is 47.4 Å². The van der Waals surface area contributed by atoms with Crippen LogP contribution in [0.25, 0.3) is 0 Å². The number of alkyl halides is 1. The van der Waals surface area contributed by atoms with Crippen molar-refractivity contribution in [1.82, 2.24) is 10.6 Å². The molecule has 214 valence electrons. The number of allylic oxidation sites excluding steroid dienone is 4. The smallest absolute Gasteiger partial charge is 0.324 e. The summed E-state index contributed by atoms with van der Waals surface area (Å²) in [4.78, 5) is 27.7. The molecule has 39 heavy (non-hydrogen) atoms. The number of rotatable bonds is 7. The largest absolute Gasteiger partial charge is 0.425 e. The molecule has 2 heterocycles. The highest BCUT2D eigenvalue weighted by atomic mass is 35.5. The number of benzene rings is 1. The average molecular weight is 586 g/mol. The van der Waals surface area contributed by atoms with Crippen LogP contribution in [0.1, 0.15) is 59.4 Å². The molecule has 5 atom stereocenters. The highest BCUT2D eigenvalue weighted by molar-refractivity contribution is 6.31. The van der Waals surface area contributed by atoms with Crippen molar-refractivity contribution in [3.8, 4) is 5.75 Å². The molecule has 1 amide bonds. The minimum absolute atomic E-state index is 0.0111. The van der Waals surface area contributed by atoms with E-state index in [1.807, 2.05) is 27.7 Å². The van der Waals surface area contributed by atoms with E-state index in [0.717, 1.165) is 0 Å². The third-order valence-electron chi connectivity index (χ3n) is 8.03. The van der Waals surface area contributed by atoms with Crippen LogP contribution in [0, 0.1) is 23.1 Å². The zero-order chi connectivity index (χ0) is 28.9. The van der Waals surface area contributed by atoms with E-state index in [-0.39, 0.29) is 33.2 Å². The van der Waals surface area contributed by atoms with E-state index in [9.17, 15) is 23.5 Å². The van der Waals surface area contributed by atoms with E-state index in [4.69, 9.17) is 27.9 Å². The molecule has 1 spiro atoms. The van der Waals surface area contributed by atoms with Gasteiger partial charge in [-0.1, -0.05) is 63.0 Å². The first-order chi connectivity index (χ1) is 18.1. The van der Waals surface area contributed by atoms with Crippen molar-refractivity contribution in [2.75, 3.05) is 6.67 Å². The number of hydrogen-bond acceptors (Lipinski definition) is 5. The van der Waals surface area contributed by atoms with Crippen molar-refractivity contribution in [1.29, 1.82) is 0 Å². The highest BCUT2D eigenvalue weighted by Crippen LogP contribution is 2.56. The first kappa shape index (κ1) is 30.0.